The van der Waals surface area contributed by atoms with E-state index in [1.165, 1.54) is 12.3 Å². The number of aromatic nitrogens is 2. The number of nitrogens with one attached hydrogen (secondary N) is 1. The topological polar surface area (TPSA) is 54.2 Å². The summed E-state index contributed by atoms with van der Waals surface area (Å²) in [4.78, 5) is 6.16. The van der Waals surface area contributed by atoms with Gasteiger partial charge >= 0.3 is 6.18 Å². The van der Waals surface area contributed by atoms with Gasteiger partial charge in [0.25, 0.3) is 0 Å². The van der Waals surface area contributed by atoms with E-state index in [4.69, 9.17) is 4.52 Å². The number of hydrogen-bond acceptors (Lipinski definition) is 5. The molecule has 1 fully saturated rings. The molecule has 3 heterocycles. The van der Waals surface area contributed by atoms with E-state index in [0.717, 1.165) is 25.2 Å². The molecule has 23 heavy (non-hydrogen) atoms. The first-order valence-corrected chi connectivity index (χ1v) is 7.25. The number of hydrogen-bond donors (Lipinski definition) is 1. The highest BCUT2D eigenvalue weighted by molar-refractivity contribution is 6.09. The van der Waals surface area contributed by atoms with Crippen molar-refractivity contribution in [3.63, 3.8) is 0 Å². The summed E-state index contributed by atoms with van der Waals surface area (Å²) in [6.45, 7) is 3.01. The molecule has 120 valence electrons. The van der Waals surface area contributed by atoms with Gasteiger partial charge in [-0.3, -0.25) is 4.98 Å². The number of pyridine rings is 1. The Bertz CT molecular complexity index is 868. The van der Waals surface area contributed by atoms with Crippen LogP contribution in [0.5, 0.6) is 0 Å². The number of benzene rings is 1. The number of halogens is 3. The molecular weight excluding hydrogens is 309 g/mol. The molecule has 2 aromatic heterocycles. The highest BCUT2D eigenvalue weighted by atomic mass is 19.4. The van der Waals surface area contributed by atoms with Gasteiger partial charge in [0.1, 0.15) is 5.52 Å². The number of rotatable bonds is 1. The van der Waals surface area contributed by atoms with Crippen LogP contribution in [0.2, 0.25) is 0 Å². The summed E-state index contributed by atoms with van der Waals surface area (Å²) in [5, 5.41) is 8.18. The molecule has 0 unspecified atom stereocenters. The van der Waals surface area contributed by atoms with Crippen molar-refractivity contribution in [3.8, 4) is 0 Å². The van der Waals surface area contributed by atoms with Crippen LogP contribution in [0.3, 0.4) is 0 Å². The van der Waals surface area contributed by atoms with Crippen LogP contribution in [0.4, 0.5) is 19.1 Å². The molecule has 0 radical (unpaired) electrons. The summed E-state index contributed by atoms with van der Waals surface area (Å²) in [5.41, 5.74) is 0.252. The van der Waals surface area contributed by atoms with Crippen LogP contribution in [-0.4, -0.2) is 36.3 Å². The van der Waals surface area contributed by atoms with E-state index in [-0.39, 0.29) is 0 Å². The minimum Gasteiger partial charge on any atom is -0.338 e. The Hall–Kier alpha value is -2.35. The van der Waals surface area contributed by atoms with Crippen molar-refractivity contribution in [1.82, 2.24) is 15.5 Å². The number of piperazine rings is 1. The van der Waals surface area contributed by atoms with Gasteiger partial charge in [0.05, 0.1) is 22.7 Å². The minimum atomic E-state index is -4.40. The Kier molecular flexibility index (Phi) is 3.15. The van der Waals surface area contributed by atoms with Crippen LogP contribution in [0.1, 0.15) is 5.56 Å². The van der Waals surface area contributed by atoms with Crippen molar-refractivity contribution in [2.75, 3.05) is 31.1 Å². The lowest BCUT2D eigenvalue weighted by Gasteiger charge is -2.26. The molecule has 3 aromatic rings. The van der Waals surface area contributed by atoms with Gasteiger partial charge in [-0.1, -0.05) is 5.16 Å². The molecule has 0 aliphatic carbocycles. The molecule has 0 bridgehead atoms. The van der Waals surface area contributed by atoms with Crippen LogP contribution >= 0.6 is 0 Å². The standard InChI is InChI=1S/C15H13F3N4O/c16-15(17,18)9-1-2-11-10(7-9)13-12(8-20-11)21-23-14(13)22-5-3-19-4-6-22/h1-2,7-8,19H,3-6H2. The zero-order valence-electron chi connectivity index (χ0n) is 12.0. The van der Waals surface area contributed by atoms with Crippen molar-refractivity contribution < 1.29 is 17.7 Å². The molecule has 0 saturated carbocycles. The molecule has 5 nitrogen and oxygen atoms in total. The lowest BCUT2D eigenvalue weighted by Crippen LogP contribution is -2.43. The fourth-order valence-electron chi connectivity index (χ4n) is 2.87. The number of nitrogens with zero attached hydrogens (tertiary/aromatic N) is 3. The van der Waals surface area contributed by atoms with E-state index >= 15 is 0 Å². The van der Waals surface area contributed by atoms with Gasteiger partial charge in [0.2, 0.25) is 5.88 Å². The summed E-state index contributed by atoms with van der Waals surface area (Å²) in [6.07, 6.45) is -2.87. The lowest BCUT2D eigenvalue weighted by atomic mass is 10.1. The highest BCUT2D eigenvalue weighted by Gasteiger charge is 2.31. The zero-order chi connectivity index (χ0) is 16.0. The molecule has 0 atom stereocenters. The molecule has 1 N–H and O–H groups in total. The average molecular weight is 322 g/mol. The first-order valence-electron chi connectivity index (χ1n) is 7.25. The van der Waals surface area contributed by atoms with E-state index in [9.17, 15) is 13.2 Å². The van der Waals surface area contributed by atoms with E-state index in [1.54, 1.807) is 0 Å². The Morgan fingerprint density at radius 3 is 2.65 bits per heavy atom. The molecule has 4 rings (SSSR count). The average Bonchev–Trinajstić information content (AvgIpc) is 2.99. The van der Waals surface area contributed by atoms with Gasteiger partial charge in [-0.2, -0.15) is 13.2 Å². The third kappa shape index (κ3) is 2.39. The fraction of sp³-hybridized carbons (Fsp3) is 0.333. The van der Waals surface area contributed by atoms with Crippen molar-refractivity contribution in [2.24, 2.45) is 0 Å². The van der Waals surface area contributed by atoms with Gasteiger partial charge in [0, 0.05) is 31.6 Å². The zero-order valence-corrected chi connectivity index (χ0v) is 12.0. The molecule has 1 saturated heterocycles. The monoisotopic (exact) mass is 322 g/mol. The Morgan fingerprint density at radius 2 is 1.91 bits per heavy atom. The molecular formula is C15H13F3N4O. The van der Waals surface area contributed by atoms with Gasteiger partial charge in [-0.05, 0) is 18.2 Å². The van der Waals surface area contributed by atoms with Gasteiger partial charge < -0.3 is 14.7 Å². The Morgan fingerprint density at radius 1 is 1.13 bits per heavy atom. The van der Waals surface area contributed by atoms with Gasteiger partial charge in [-0.15, -0.1) is 0 Å². The minimum absolute atomic E-state index is 0.409. The molecule has 1 aromatic carbocycles. The predicted octanol–water partition coefficient (Wildman–Crippen LogP) is 2.80. The van der Waals surface area contributed by atoms with Crippen LogP contribution in [0, 0.1) is 0 Å². The first kappa shape index (κ1) is 14.3. The van der Waals surface area contributed by atoms with Crippen LogP contribution < -0.4 is 10.2 Å². The molecule has 1 aliphatic heterocycles. The first-order chi connectivity index (χ1) is 11.0. The lowest BCUT2D eigenvalue weighted by molar-refractivity contribution is -0.137. The van der Waals surface area contributed by atoms with Crippen LogP contribution in [-0.2, 0) is 6.18 Å². The molecule has 0 spiro atoms. The van der Waals surface area contributed by atoms with Crippen molar-refractivity contribution in [2.45, 2.75) is 6.18 Å². The smallest absolute Gasteiger partial charge is 0.338 e. The van der Waals surface area contributed by atoms with Crippen LogP contribution in [0.25, 0.3) is 21.8 Å². The SMILES string of the molecule is FC(F)(F)c1ccc2ncc3noc(N4CCNCC4)c3c2c1. The maximum atomic E-state index is 13.0. The Labute approximate surface area is 129 Å². The fourth-order valence-corrected chi connectivity index (χ4v) is 2.87. The quantitative estimate of drug-likeness (QED) is 0.747. The largest absolute Gasteiger partial charge is 0.416 e. The van der Waals surface area contributed by atoms with E-state index in [1.807, 2.05) is 4.90 Å². The van der Waals surface area contributed by atoms with E-state index < -0.39 is 11.7 Å². The number of anilines is 1. The maximum Gasteiger partial charge on any atom is 0.416 e. The van der Waals surface area contributed by atoms with Crippen molar-refractivity contribution in [1.29, 1.82) is 0 Å². The second-order valence-corrected chi connectivity index (χ2v) is 5.47. The number of alkyl halides is 3. The van der Waals surface area contributed by atoms with E-state index in [2.05, 4.69) is 15.5 Å². The summed E-state index contributed by atoms with van der Waals surface area (Å²) in [5.74, 6) is 0.508. The third-order valence-corrected chi connectivity index (χ3v) is 4.02. The van der Waals surface area contributed by atoms with Crippen LogP contribution in [0.15, 0.2) is 28.9 Å². The maximum absolute atomic E-state index is 13.0. The molecule has 1 aliphatic rings. The highest BCUT2D eigenvalue weighted by Crippen LogP contribution is 2.36. The van der Waals surface area contributed by atoms with E-state index in [0.29, 0.717) is 40.8 Å². The summed E-state index contributed by atoms with van der Waals surface area (Å²) in [6, 6.07) is 3.54. The van der Waals surface area contributed by atoms with Crippen molar-refractivity contribution in [3.05, 3.63) is 30.0 Å². The second-order valence-electron chi connectivity index (χ2n) is 5.47. The molecule has 0 amide bonds. The summed E-state index contributed by atoms with van der Waals surface area (Å²) < 4.78 is 44.5. The molecule has 8 heteroatoms. The van der Waals surface area contributed by atoms with Gasteiger partial charge in [-0.25, -0.2) is 0 Å². The van der Waals surface area contributed by atoms with Crippen molar-refractivity contribution >= 4 is 27.7 Å². The third-order valence-electron chi connectivity index (χ3n) is 4.02. The number of fused-ring (bicyclic) bond motifs is 3. The predicted molar refractivity (Wildman–Crippen MR) is 79.4 cm³/mol. The Balaban J connectivity index is 1.96. The van der Waals surface area contributed by atoms with Gasteiger partial charge in [0.15, 0.2) is 0 Å². The summed E-state index contributed by atoms with van der Waals surface area (Å²) >= 11 is 0. The second kappa shape index (κ2) is 5.09. The normalized spacial score (nSPS) is 16.4. The summed E-state index contributed by atoms with van der Waals surface area (Å²) in [7, 11) is 0.